The number of amides is 1. The smallest absolute Gasteiger partial charge is 0.344 e. The molecule has 3 rings (SSSR count). The predicted octanol–water partition coefficient (Wildman–Crippen LogP) is 3.47. The van der Waals surface area contributed by atoms with E-state index in [4.69, 9.17) is 9.26 Å². The Bertz CT molecular complexity index is 1070. The van der Waals surface area contributed by atoms with Crippen molar-refractivity contribution in [1.29, 1.82) is 0 Å². The maximum atomic E-state index is 12.7. The maximum absolute atomic E-state index is 12.7. The second kappa shape index (κ2) is 9.83. The van der Waals surface area contributed by atoms with Gasteiger partial charge in [-0.25, -0.2) is 13.2 Å². The van der Waals surface area contributed by atoms with Crippen LogP contribution in [0.1, 0.15) is 67.8 Å². The van der Waals surface area contributed by atoms with Crippen molar-refractivity contribution in [2.45, 2.75) is 63.9 Å². The number of esters is 1. The number of hydrogen-bond donors (Lipinski definition) is 1. The summed E-state index contributed by atoms with van der Waals surface area (Å²) in [5.74, 6) is -0.878. The van der Waals surface area contributed by atoms with E-state index in [2.05, 4.69) is 10.5 Å². The number of aromatic nitrogens is 1. The molecule has 1 fully saturated rings. The Morgan fingerprint density at radius 2 is 1.72 bits per heavy atom. The van der Waals surface area contributed by atoms with Crippen LogP contribution in [0.15, 0.2) is 33.7 Å². The monoisotopic (exact) mass is 463 g/mol. The molecule has 1 aliphatic heterocycles. The fourth-order valence-corrected chi connectivity index (χ4v) is 5.03. The van der Waals surface area contributed by atoms with Crippen molar-refractivity contribution in [1.82, 2.24) is 9.46 Å². The zero-order valence-corrected chi connectivity index (χ0v) is 19.6. The van der Waals surface area contributed by atoms with Gasteiger partial charge in [-0.05, 0) is 51.0 Å². The number of aryl methyl sites for hydroxylation is 1. The van der Waals surface area contributed by atoms with E-state index in [9.17, 15) is 18.0 Å². The van der Waals surface area contributed by atoms with Crippen molar-refractivity contribution < 1.29 is 27.3 Å². The van der Waals surface area contributed by atoms with Crippen LogP contribution in [-0.4, -0.2) is 48.9 Å². The molecule has 1 aromatic carbocycles. The third kappa shape index (κ3) is 5.18. The molecule has 0 radical (unpaired) electrons. The van der Waals surface area contributed by atoms with Gasteiger partial charge in [0.05, 0.1) is 10.6 Å². The highest BCUT2D eigenvalue weighted by Gasteiger charge is 2.28. The average Bonchev–Trinajstić information content (AvgIpc) is 3.16. The number of benzene rings is 1. The lowest BCUT2D eigenvalue weighted by Gasteiger charge is -2.25. The number of piperidine rings is 1. The van der Waals surface area contributed by atoms with Crippen LogP contribution in [0, 0.1) is 6.92 Å². The molecule has 1 amide bonds. The topological polar surface area (TPSA) is 119 Å². The third-order valence-electron chi connectivity index (χ3n) is 5.35. The number of anilines is 1. The van der Waals surface area contributed by atoms with Crippen molar-refractivity contribution >= 4 is 27.6 Å². The van der Waals surface area contributed by atoms with E-state index < -0.39 is 28.0 Å². The van der Waals surface area contributed by atoms with Crippen LogP contribution in [0.25, 0.3) is 0 Å². The highest BCUT2D eigenvalue weighted by molar-refractivity contribution is 7.89. The molecule has 10 heteroatoms. The van der Waals surface area contributed by atoms with Gasteiger partial charge in [-0.1, -0.05) is 25.4 Å². The van der Waals surface area contributed by atoms with Crippen molar-refractivity contribution in [2.24, 2.45) is 0 Å². The average molecular weight is 464 g/mol. The van der Waals surface area contributed by atoms with Crippen LogP contribution in [0.4, 0.5) is 5.69 Å². The zero-order chi connectivity index (χ0) is 23.5. The van der Waals surface area contributed by atoms with Crippen molar-refractivity contribution in [2.75, 3.05) is 18.4 Å². The number of carbonyl (C=O) groups is 2. The lowest BCUT2D eigenvalue weighted by molar-refractivity contribution is -0.123. The second-order valence-corrected chi connectivity index (χ2v) is 10.1. The van der Waals surface area contributed by atoms with Crippen molar-refractivity contribution in [3.05, 3.63) is 41.3 Å². The lowest BCUT2D eigenvalue weighted by atomic mass is 10.1. The van der Waals surface area contributed by atoms with Gasteiger partial charge in [-0.3, -0.25) is 4.79 Å². The van der Waals surface area contributed by atoms with E-state index in [1.54, 1.807) is 6.92 Å². The summed E-state index contributed by atoms with van der Waals surface area (Å²) in [5, 5.41) is 6.45. The molecule has 0 spiro atoms. The highest BCUT2D eigenvalue weighted by atomic mass is 32.2. The second-order valence-electron chi connectivity index (χ2n) is 8.19. The standard InChI is InChI=1S/C22H29N3O6S/c1-14(2)20-19(15(3)24-31-20)22(27)30-16(4)21(26)23-17-8-10-18(11-9-17)32(28,29)25-12-6-5-7-13-25/h8-11,14,16H,5-7,12-13H2,1-4H3,(H,23,26)/t16-/m1/s1. The first-order valence-corrected chi connectivity index (χ1v) is 12.1. The number of nitrogens with one attached hydrogen (secondary N) is 1. The Labute approximate surface area is 188 Å². The van der Waals surface area contributed by atoms with Crippen LogP contribution in [0.5, 0.6) is 0 Å². The first kappa shape index (κ1) is 23.9. The van der Waals surface area contributed by atoms with E-state index in [0.29, 0.717) is 30.2 Å². The van der Waals surface area contributed by atoms with Crippen LogP contribution in [0.3, 0.4) is 0 Å². The first-order valence-electron chi connectivity index (χ1n) is 10.7. The summed E-state index contributed by atoms with van der Waals surface area (Å²) in [7, 11) is -3.54. The number of rotatable bonds is 7. The molecule has 0 saturated carbocycles. The number of hydrogen-bond acceptors (Lipinski definition) is 7. The molecule has 0 bridgehead atoms. The molecule has 2 heterocycles. The Morgan fingerprint density at radius 3 is 2.31 bits per heavy atom. The van der Waals surface area contributed by atoms with E-state index in [0.717, 1.165) is 19.3 Å². The van der Waals surface area contributed by atoms with E-state index in [-0.39, 0.29) is 16.4 Å². The summed E-state index contributed by atoms with van der Waals surface area (Å²) in [6.07, 6.45) is 1.68. The number of carbonyl (C=O) groups excluding carboxylic acids is 2. The van der Waals surface area contributed by atoms with E-state index in [1.165, 1.54) is 35.5 Å². The fourth-order valence-electron chi connectivity index (χ4n) is 3.51. The van der Waals surface area contributed by atoms with Gasteiger partial charge in [-0.15, -0.1) is 0 Å². The maximum Gasteiger partial charge on any atom is 0.344 e. The molecule has 2 aromatic rings. The van der Waals surface area contributed by atoms with Gasteiger partial charge < -0.3 is 14.6 Å². The highest BCUT2D eigenvalue weighted by Crippen LogP contribution is 2.24. The van der Waals surface area contributed by atoms with E-state index in [1.807, 2.05) is 13.8 Å². The largest absolute Gasteiger partial charge is 0.449 e. The summed E-state index contributed by atoms with van der Waals surface area (Å²) < 4.78 is 37.5. The van der Waals surface area contributed by atoms with Gasteiger partial charge in [0.1, 0.15) is 5.56 Å². The molecule has 1 saturated heterocycles. The third-order valence-corrected chi connectivity index (χ3v) is 7.26. The molecule has 0 aliphatic carbocycles. The Balaban J connectivity index is 1.63. The molecule has 1 N–H and O–H groups in total. The van der Waals surface area contributed by atoms with Gasteiger partial charge in [0.15, 0.2) is 11.9 Å². The normalized spacial score (nSPS) is 16.0. The van der Waals surface area contributed by atoms with Gasteiger partial charge in [0, 0.05) is 24.7 Å². The summed E-state index contributed by atoms with van der Waals surface area (Å²) in [6, 6.07) is 5.96. The van der Waals surface area contributed by atoms with Gasteiger partial charge >= 0.3 is 5.97 Å². The SMILES string of the molecule is Cc1noc(C(C)C)c1C(=O)O[C@H](C)C(=O)Nc1ccc(S(=O)(=O)N2CCCCC2)cc1. The predicted molar refractivity (Wildman–Crippen MR) is 118 cm³/mol. The molecular weight excluding hydrogens is 434 g/mol. The number of sulfonamides is 1. The van der Waals surface area contributed by atoms with Gasteiger partial charge in [0.2, 0.25) is 10.0 Å². The molecule has 174 valence electrons. The molecule has 32 heavy (non-hydrogen) atoms. The van der Waals surface area contributed by atoms with Crippen molar-refractivity contribution in [3.8, 4) is 0 Å². The summed E-state index contributed by atoms with van der Waals surface area (Å²) in [6.45, 7) is 7.86. The Morgan fingerprint density at radius 1 is 1.09 bits per heavy atom. The summed E-state index contributed by atoms with van der Waals surface area (Å²) >= 11 is 0. The number of nitrogens with zero attached hydrogens (tertiary/aromatic N) is 2. The number of ether oxygens (including phenoxy) is 1. The lowest BCUT2D eigenvalue weighted by Crippen LogP contribution is -2.35. The summed E-state index contributed by atoms with van der Waals surface area (Å²) in [5.41, 5.74) is 1.03. The van der Waals surface area contributed by atoms with Crippen LogP contribution in [0.2, 0.25) is 0 Å². The minimum absolute atomic E-state index is 0.0670. The van der Waals surface area contributed by atoms with Crippen LogP contribution in [-0.2, 0) is 19.6 Å². The Hall–Kier alpha value is -2.72. The van der Waals surface area contributed by atoms with E-state index >= 15 is 0 Å². The zero-order valence-electron chi connectivity index (χ0n) is 18.8. The molecular formula is C22H29N3O6S. The summed E-state index contributed by atoms with van der Waals surface area (Å²) in [4.78, 5) is 25.2. The van der Waals surface area contributed by atoms with Crippen molar-refractivity contribution in [3.63, 3.8) is 0 Å². The molecule has 0 unspecified atom stereocenters. The molecule has 9 nitrogen and oxygen atoms in total. The van der Waals surface area contributed by atoms with Gasteiger partial charge in [0.25, 0.3) is 5.91 Å². The Kier molecular flexibility index (Phi) is 7.35. The minimum atomic E-state index is -3.54. The van der Waals surface area contributed by atoms with Crippen LogP contribution < -0.4 is 5.32 Å². The minimum Gasteiger partial charge on any atom is -0.449 e. The molecule has 1 atom stereocenters. The van der Waals surface area contributed by atoms with Gasteiger partial charge in [-0.2, -0.15) is 4.31 Å². The fraction of sp³-hybridized carbons (Fsp3) is 0.500. The molecule has 1 aliphatic rings. The first-order chi connectivity index (χ1) is 15.1. The molecule has 1 aromatic heterocycles. The quantitative estimate of drug-likeness (QED) is 0.625. The van der Waals surface area contributed by atoms with Crippen LogP contribution >= 0.6 is 0 Å².